The summed E-state index contributed by atoms with van der Waals surface area (Å²) < 4.78 is 0. The Morgan fingerprint density at radius 2 is 2.16 bits per heavy atom. The molecule has 7 heteroatoms. The number of carbonyl (C=O) groups is 1. The number of nitrogens with two attached hydrogens (primary N) is 1. The van der Waals surface area contributed by atoms with Crippen LogP contribution in [0, 0.1) is 16.0 Å². The summed E-state index contributed by atoms with van der Waals surface area (Å²) in [5.41, 5.74) is 5.56. The van der Waals surface area contributed by atoms with Crippen LogP contribution >= 0.6 is 11.6 Å². The van der Waals surface area contributed by atoms with Crippen LogP contribution in [-0.4, -0.2) is 16.9 Å². The molecule has 3 N–H and O–H groups in total. The molecule has 6 nitrogen and oxygen atoms in total. The first-order valence-electron chi connectivity index (χ1n) is 5.81. The fourth-order valence-electron chi connectivity index (χ4n) is 1.61. The minimum atomic E-state index is -0.710. The van der Waals surface area contributed by atoms with Gasteiger partial charge in [0.15, 0.2) is 0 Å². The molecule has 1 amide bonds. The predicted molar refractivity (Wildman–Crippen MR) is 74.2 cm³/mol. The molecule has 0 aliphatic carbocycles. The van der Waals surface area contributed by atoms with Crippen molar-refractivity contribution in [2.45, 2.75) is 26.3 Å². The molecule has 0 saturated carbocycles. The summed E-state index contributed by atoms with van der Waals surface area (Å²) in [6.07, 6.45) is 0.500. The van der Waals surface area contributed by atoms with Crippen LogP contribution in [0.2, 0.25) is 5.02 Å². The number of nitrogens with zero attached hydrogens (tertiary/aromatic N) is 1. The molecule has 0 spiro atoms. The number of benzene rings is 1. The van der Waals surface area contributed by atoms with Crippen LogP contribution < -0.4 is 11.1 Å². The third-order valence-corrected chi connectivity index (χ3v) is 2.71. The second-order valence-corrected chi connectivity index (χ2v) is 5.08. The van der Waals surface area contributed by atoms with E-state index >= 15 is 0 Å². The summed E-state index contributed by atoms with van der Waals surface area (Å²) in [5.74, 6) is -0.200. The number of nitro benzene ring substituents is 1. The van der Waals surface area contributed by atoms with Crippen molar-refractivity contribution in [3.05, 3.63) is 33.3 Å². The molecule has 0 saturated heterocycles. The SMILES string of the molecule is CC(C)CC(N)C(=O)Nc1cc(Cl)ccc1[N+](=O)[O-]. The van der Waals surface area contributed by atoms with Gasteiger partial charge in [-0.3, -0.25) is 14.9 Å². The molecule has 0 bridgehead atoms. The van der Waals surface area contributed by atoms with Crippen molar-refractivity contribution in [1.82, 2.24) is 0 Å². The van der Waals surface area contributed by atoms with Crippen LogP contribution in [0.5, 0.6) is 0 Å². The maximum atomic E-state index is 11.8. The summed E-state index contributed by atoms with van der Waals surface area (Å²) in [6, 6.07) is 3.26. The van der Waals surface area contributed by atoms with E-state index in [1.54, 1.807) is 0 Å². The van der Waals surface area contributed by atoms with Crippen molar-refractivity contribution in [3.8, 4) is 0 Å². The fourth-order valence-corrected chi connectivity index (χ4v) is 1.78. The summed E-state index contributed by atoms with van der Waals surface area (Å²) in [7, 11) is 0. The number of nitrogens with one attached hydrogen (secondary N) is 1. The molecule has 104 valence electrons. The van der Waals surface area contributed by atoms with Gasteiger partial charge < -0.3 is 11.1 Å². The largest absolute Gasteiger partial charge is 0.320 e. The normalized spacial score (nSPS) is 12.3. The number of hydrogen-bond acceptors (Lipinski definition) is 4. The number of halogens is 1. The zero-order chi connectivity index (χ0) is 14.6. The first-order chi connectivity index (χ1) is 8.81. The Bertz CT molecular complexity index is 491. The van der Waals surface area contributed by atoms with Gasteiger partial charge >= 0.3 is 0 Å². The number of amides is 1. The highest BCUT2D eigenvalue weighted by Crippen LogP contribution is 2.27. The number of nitro groups is 1. The van der Waals surface area contributed by atoms with Gasteiger partial charge in [-0.15, -0.1) is 0 Å². The average molecular weight is 286 g/mol. The standard InChI is InChI=1S/C12H16ClN3O3/c1-7(2)5-9(14)12(17)15-10-6-8(13)3-4-11(10)16(18)19/h3-4,6-7,9H,5,14H2,1-2H3,(H,15,17). The number of anilines is 1. The van der Waals surface area contributed by atoms with E-state index in [1.165, 1.54) is 18.2 Å². The molecular formula is C12H16ClN3O3. The number of carbonyl (C=O) groups excluding carboxylic acids is 1. The first kappa shape index (κ1) is 15.4. The summed E-state index contributed by atoms with van der Waals surface area (Å²) >= 11 is 5.76. The van der Waals surface area contributed by atoms with Gasteiger partial charge in [0.05, 0.1) is 11.0 Å². The van der Waals surface area contributed by atoms with E-state index in [4.69, 9.17) is 17.3 Å². The monoisotopic (exact) mass is 285 g/mol. The minimum absolute atomic E-state index is 0.0571. The van der Waals surface area contributed by atoms with Crippen LogP contribution in [-0.2, 0) is 4.79 Å². The number of hydrogen-bond donors (Lipinski definition) is 2. The van der Waals surface area contributed by atoms with Gasteiger partial charge in [-0.05, 0) is 24.5 Å². The summed E-state index contributed by atoms with van der Waals surface area (Å²) in [6.45, 7) is 3.88. The molecule has 1 unspecified atom stereocenters. The van der Waals surface area contributed by atoms with Gasteiger partial charge in [-0.25, -0.2) is 0 Å². The molecule has 1 rings (SSSR count). The third kappa shape index (κ3) is 4.50. The summed E-state index contributed by atoms with van der Waals surface area (Å²) in [4.78, 5) is 22.1. The highest BCUT2D eigenvalue weighted by Gasteiger charge is 2.20. The highest BCUT2D eigenvalue weighted by molar-refractivity contribution is 6.31. The van der Waals surface area contributed by atoms with Crippen LogP contribution in [0.25, 0.3) is 0 Å². The third-order valence-electron chi connectivity index (χ3n) is 2.48. The molecule has 1 aromatic carbocycles. The molecule has 0 aliphatic rings. The highest BCUT2D eigenvalue weighted by atomic mass is 35.5. The lowest BCUT2D eigenvalue weighted by molar-refractivity contribution is -0.383. The van der Waals surface area contributed by atoms with Crippen LogP contribution in [0.4, 0.5) is 11.4 Å². The maximum Gasteiger partial charge on any atom is 0.292 e. The van der Waals surface area contributed by atoms with E-state index in [2.05, 4.69) is 5.32 Å². The Balaban J connectivity index is 2.89. The summed E-state index contributed by atoms with van der Waals surface area (Å²) in [5, 5.41) is 13.6. The van der Waals surface area contributed by atoms with Gasteiger partial charge in [0, 0.05) is 11.1 Å². The smallest absolute Gasteiger partial charge is 0.292 e. The molecule has 1 aromatic rings. The maximum absolute atomic E-state index is 11.8. The topological polar surface area (TPSA) is 98.3 Å². The van der Waals surface area contributed by atoms with E-state index < -0.39 is 16.9 Å². The second-order valence-electron chi connectivity index (χ2n) is 4.64. The Morgan fingerprint density at radius 1 is 1.53 bits per heavy atom. The van der Waals surface area contributed by atoms with E-state index in [1.807, 2.05) is 13.8 Å². The Kier molecular flexibility index (Phi) is 5.26. The van der Waals surface area contributed by atoms with E-state index in [9.17, 15) is 14.9 Å². The molecule has 1 atom stereocenters. The number of rotatable bonds is 5. The molecule has 0 aromatic heterocycles. The zero-order valence-electron chi connectivity index (χ0n) is 10.7. The van der Waals surface area contributed by atoms with Gasteiger partial charge in [0.2, 0.25) is 5.91 Å². The Hall–Kier alpha value is -1.66. The molecule has 0 aliphatic heterocycles. The average Bonchev–Trinajstić information content (AvgIpc) is 2.27. The van der Waals surface area contributed by atoms with Crippen molar-refractivity contribution in [2.75, 3.05) is 5.32 Å². The molecule has 0 fully saturated rings. The molecular weight excluding hydrogens is 270 g/mol. The lowest BCUT2D eigenvalue weighted by atomic mass is 10.0. The van der Waals surface area contributed by atoms with Crippen LogP contribution in [0.1, 0.15) is 20.3 Å². The fraction of sp³-hybridized carbons (Fsp3) is 0.417. The quantitative estimate of drug-likeness (QED) is 0.641. The predicted octanol–water partition coefficient (Wildman–Crippen LogP) is 2.56. The zero-order valence-corrected chi connectivity index (χ0v) is 11.5. The van der Waals surface area contributed by atoms with Crippen molar-refractivity contribution < 1.29 is 9.72 Å². The van der Waals surface area contributed by atoms with E-state index in [-0.39, 0.29) is 17.3 Å². The first-order valence-corrected chi connectivity index (χ1v) is 6.19. The molecule has 0 radical (unpaired) electrons. The Labute approximate surface area is 116 Å². The second kappa shape index (κ2) is 6.49. The minimum Gasteiger partial charge on any atom is -0.320 e. The van der Waals surface area contributed by atoms with E-state index in [0.29, 0.717) is 11.4 Å². The lowest BCUT2D eigenvalue weighted by Crippen LogP contribution is -2.36. The Morgan fingerprint density at radius 3 is 2.68 bits per heavy atom. The van der Waals surface area contributed by atoms with Gasteiger partial charge in [-0.1, -0.05) is 25.4 Å². The van der Waals surface area contributed by atoms with Gasteiger partial charge in [0.1, 0.15) is 5.69 Å². The van der Waals surface area contributed by atoms with Crippen molar-refractivity contribution in [1.29, 1.82) is 0 Å². The van der Waals surface area contributed by atoms with Crippen LogP contribution in [0.15, 0.2) is 18.2 Å². The van der Waals surface area contributed by atoms with Crippen LogP contribution in [0.3, 0.4) is 0 Å². The van der Waals surface area contributed by atoms with E-state index in [0.717, 1.165) is 0 Å². The molecule has 19 heavy (non-hydrogen) atoms. The van der Waals surface area contributed by atoms with Crippen molar-refractivity contribution in [3.63, 3.8) is 0 Å². The molecule has 0 heterocycles. The van der Waals surface area contributed by atoms with Gasteiger partial charge in [0.25, 0.3) is 5.69 Å². The lowest BCUT2D eigenvalue weighted by Gasteiger charge is -2.14. The van der Waals surface area contributed by atoms with Crippen molar-refractivity contribution >= 4 is 28.9 Å². The van der Waals surface area contributed by atoms with Crippen molar-refractivity contribution in [2.24, 2.45) is 11.7 Å². The van der Waals surface area contributed by atoms with Gasteiger partial charge in [-0.2, -0.15) is 0 Å².